The van der Waals surface area contributed by atoms with E-state index in [1.807, 2.05) is 11.0 Å². The van der Waals surface area contributed by atoms with Crippen molar-refractivity contribution in [3.63, 3.8) is 0 Å². The Hall–Kier alpha value is -3.45. The predicted molar refractivity (Wildman–Crippen MR) is 111 cm³/mol. The number of likely N-dealkylation sites (tertiary alicyclic amines) is 1. The Morgan fingerprint density at radius 2 is 2.09 bits per heavy atom. The molecule has 32 heavy (non-hydrogen) atoms. The Kier molecular flexibility index (Phi) is 5.84. The van der Waals surface area contributed by atoms with Gasteiger partial charge < -0.3 is 5.32 Å². The van der Waals surface area contributed by atoms with Crippen LogP contribution in [0.25, 0.3) is 5.65 Å². The number of hydrogen-bond donors (Lipinski definition) is 1. The number of benzene rings is 1. The summed E-state index contributed by atoms with van der Waals surface area (Å²) in [5.74, 6) is 0.0933. The van der Waals surface area contributed by atoms with Crippen LogP contribution < -0.4 is 5.32 Å². The summed E-state index contributed by atoms with van der Waals surface area (Å²) in [6.45, 7) is 2.95. The number of nitrogens with one attached hydrogen (secondary N) is 1. The van der Waals surface area contributed by atoms with Gasteiger partial charge in [-0.2, -0.15) is 18.4 Å². The summed E-state index contributed by atoms with van der Waals surface area (Å²) < 4.78 is 40.9. The number of fused-ring (bicyclic) bond motifs is 1. The Bertz CT molecular complexity index is 1180. The first kappa shape index (κ1) is 21.8. The van der Waals surface area contributed by atoms with Crippen molar-refractivity contribution in [2.45, 2.75) is 37.9 Å². The molecule has 1 saturated heterocycles. The average molecular weight is 442 g/mol. The van der Waals surface area contributed by atoms with Crippen LogP contribution in [0.5, 0.6) is 0 Å². The molecule has 0 bridgehead atoms. The maximum absolute atomic E-state index is 13.2. The number of alkyl halides is 3. The highest BCUT2D eigenvalue weighted by molar-refractivity contribution is 5.94. The second kappa shape index (κ2) is 8.59. The molecule has 7 nitrogen and oxygen atoms in total. The molecule has 10 heteroatoms. The van der Waals surface area contributed by atoms with Crippen LogP contribution in [0.2, 0.25) is 0 Å². The first-order valence-corrected chi connectivity index (χ1v) is 10.2. The van der Waals surface area contributed by atoms with Gasteiger partial charge in [-0.05, 0) is 56.6 Å². The number of amides is 1. The lowest BCUT2D eigenvalue weighted by Gasteiger charge is -2.35. The Labute approximate surface area is 182 Å². The molecular weight excluding hydrogens is 421 g/mol. The van der Waals surface area contributed by atoms with Crippen LogP contribution in [0.3, 0.4) is 0 Å². The molecule has 1 amide bonds. The highest BCUT2D eigenvalue weighted by atomic mass is 19.4. The van der Waals surface area contributed by atoms with Gasteiger partial charge in [0.25, 0.3) is 0 Å². The van der Waals surface area contributed by atoms with E-state index in [4.69, 9.17) is 5.26 Å². The number of pyridine rings is 1. The molecule has 4 rings (SSSR count). The van der Waals surface area contributed by atoms with Crippen molar-refractivity contribution in [1.29, 1.82) is 5.26 Å². The van der Waals surface area contributed by atoms with Gasteiger partial charge in [0.15, 0.2) is 5.65 Å². The molecule has 0 aliphatic carbocycles. The summed E-state index contributed by atoms with van der Waals surface area (Å²) >= 11 is 0. The molecule has 2 atom stereocenters. The number of carbonyl (C=O) groups excluding carboxylic acids is 1. The molecule has 166 valence electrons. The van der Waals surface area contributed by atoms with Crippen molar-refractivity contribution < 1.29 is 18.0 Å². The van der Waals surface area contributed by atoms with Gasteiger partial charge in [-0.15, -0.1) is 10.2 Å². The third kappa shape index (κ3) is 4.43. The van der Waals surface area contributed by atoms with Gasteiger partial charge >= 0.3 is 6.18 Å². The minimum absolute atomic E-state index is 0.153. The third-order valence-corrected chi connectivity index (χ3v) is 5.76. The highest BCUT2D eigenvalue weighted by Crippen LogP contribution is 2.31. The summed E-state index contributed by atoms with van der Waals surface area (Å²) in [6, 6.07) is 10.5. The second-order valence-electron chi connectivity index (χ2n) is 7.89. The van der Waals surface area contributed by atoms with Crippen molar-refractivity contribution in [3.8, 4) is 6.07 Å². The number of nitriles is 1. The van der Waals surface area contributed by atoms with Crippen LogP contribution in [0.15, 0.2) is 42.6 Å². The Morgan fingerprint density at radius 1 is 1.28 bits per heavy atom. The molecule has 1 fully saturated rings. The zero-order chi connectivity index (χ0) is 22.9. The van der Waals surface area contributed by atoms with E-state index in [2.05, 4.69) is 15.5 Å². The molecule has 2 aromatic heterocycles. The fourth-order valence-electron chi connectivity index (χ4n) is 4.00. The minimum atomic E-state index is -4.45. The Morgan fingerprint density at radius 3 is 2.84 bits per heavy atom. The van der Waals surface area contributed by atoms with Crippen molar-refractivity contribution >= 4 is 17.2 Å². The molecule has 1 N–H and O–H groups in total. The van der Waals surface area contributed by atoms with E-state index in [9.17, 15) is 18.0 Å². The van der Waals surface area contributed by atoms with Crippen LogP contribution in [0, 0.1) is 11.3 Å². The lowest BCUT2D eigenvalue weighted by molar-refractivity contribution is -0.137. The second-order valence-corrected chi connectivity index (χ2v) is 7.89. The van der Waals surface area contributed by atoms with Crippen molar-refractivity contribution in [3.05, 3.63) is 59.5 Å². The van der Waals surface area contributed by atoms with Gasteiger partial charge in [-0.3, -0.25) is 14.1 Å². The quantitative estimate of drug-likeness (QED) is 0.664. The smallest absolute Gasteiger partial charge is 0.325 e. The zero-order valence-electron chi connectivity index (χ0n) is 17.3. The molecule has 0 radical (unpaired) electrons. The fraction of sp³-hybridized carbons (Fsp3) is 0.364. The van der Waals surface area contributed by atoms with Crippen LogP contribution in [0.4, 0.5) is 18.9 Å². The van der Waals surface area contributed by atoms with Gasteiger partial charge in [0.2, 0.25) is 5.91 Å². The van der Waals surface area contributed by atoms with E-state index >= 15 is 0 Å². The summed E-state index contributed by atoms with van der Waals surface area (Å²) in [5, 5.41) is 20.0. The van der Waals surface area contributed by atoms with Crippen LogP contribution in [0.1, 0.15) is 42.6 Å². The number of carbonyl (C=O) groups is 1. The van der Waals surface area contributed by atoms with Crippen LogP contribution >= 0.6 is 0 Å². The van der Waals surface area contributed by atoms with Gasteiger partial charge in [0, 0.05) is 24.3 Å². The molecule has 3 heterocycles. The molecule has 3 aromatic rings. The number of halogens is 3. The van der Waals surface area contributed by atoms with E-state index in [1.165, 1.54) is 10.5 Å². The summed E-state index contributed by atoms with van der Waals surface area (Å²) in [5.41, 5.74) is 0.586. The van der Waals surface area contributed by atoms with E-state index in [0.29, 0.717) is 35.8 Å². The summed E-state index contributed by atoms with van der Waals surface area (Å²) in [4.78, 5) is 14.8. The van der Waals surface area contributed by atoms with Gasteiger partial charge in [0.1, 0.15) is 5.82 Å². The maximum Gasteiger partial charge on any atom is 0.417 e. The van der Waals surface area contributed by atoms with Crippen molar-refractivity contribution in [1.82, 2.24) is 19.5 Å². The average Bonchev–Trinajstić information content (AvgIpc) is 3.21. The molecule has 1 aromatic carbocycles. The van der Waals surface area contributed by atoms with Crippen LogP contribution in [-0.2, 0) is 11.0 Å². The first-order valence-electron chi connectivity index (χ1n) is 10.2. The lowest BCUT2D eigenvalue weighted by Crippen LogP contribution is -2.46. The molecule has 1 aliphatic rings. The zero-order valence-corrected chi connectivity index (χ0v) is 17.3. The standard InChI is InChI=1S/C22H21F3N6O/c1-14(21(32)27-18-6-2-4-15(10-18)11-26)30-9-3-5-16(12-30)20-29-28-19-8-7-17(13-31(19)20)22(23,24)25/h2,4,6-8,10,13-14,16H,3,5,9,12H2,1H3,(H,27,32). The van der Waals surface area contributed by atoms with Gasteiger partial charge in [-0.25, -0.2) is 0 Å². The van der Waals surface area contributed by atoms with Crippen LogP contribution in [-0.4, -0.2) is 44.5 Å². The number of piperidine rings is 1. The van der Waals surface area contributed by atoms with E-state index in [-0.39, 0.29) is 11.8 Å². The largest absolute Gasteiger partial charge is 0.417 e. The number of anilines is 1. The first-order chi connectivity index (χ1) is 15.3. The monoisotopic (exact) mass is 442 g/mol. The number of hydrogen-bond acceptors (Lipinski definition) is 5. The normalized spacial score (nSPS) is 18.3. The number of rotatable bonds is 4. The van der Waals surface area contributed by atoms with E-state index < -0.39 is 17.8 Å². The number of aromatic nitrogens is 3. The van der Waals surface area contributed by atoms with Crippen molar-refractivity contribution in [2.24, 2.45) is 0 Å². The molecule has 1 aliphatic heterocycles. The third-order valence-electron chi connectivity index (χ3n) is 5.76. The molecule has 2 unspecified atom stereocenters. The number of nitrogens with zero attached hydrogens (tertiary/aromatic N) is 5. The van der Waals surface area contributed by atoms with E-state index in [0.717, 1.165) is 25.1 Å². The molecule has 0 spiro atoms. The molecule has 0 saturated carbocycles. The summed E-state index contributed by atoms with van der Waals surface area (Å²) in [7, 11) is 0. The SMILES string of the molecule is CC(C(=O)Nc1cccc(C#N)c1)N1CCCC(c2nnc3ccc(C(F)(F)F)cn23)C1. The van der Waals surface area contributed by atoms with E-state index in [1.54, 1.807) is 31.2 Å². The minimum Gasteiger partial charge on any atom is -0.325 e. The maximum atomic E-state index is 13.2. The lowest BCUT2D eigenvalue weighted by atomic mass is 9.96. The highest BCUT2D eigenvalue weighted by Gasteiger charge is 2.33. The Balaban J connectivity index is 1.50. The fourth-order valence-corrected chi connectivity index (χ4v) is 4.00. The van der Waals surface area contributed by atoms with Crippen molar-refractivity contribution in [2.75, 3.05) is 18.4 Å². The molecular formula is C22H21F3N6O. The predicted octanol–water partition coefficient (Wildman–Crippen LogP) is 3.83. The summed E-state index contributed by atoms with van der Waals surface area (Å²) in [6.07, 6.45) is -1.90. The topological polar surface area (TPSA) is 86.3 Å². The van der Waals surface area contributed by atoms with Gasteiger partial charge in [0.05, 0.1) is 23.2 Å². The van der Waals surface area contributed by atoms with Gasteiger partial charge in [-0.1, -0.05) is 6.07 Å².